The molecular weight excluding hydrogens is 272 g/mol. The molecule has 0 saturated heterocycles. The molecule has 6 nitrogen and oxygen atoms in total. The number of nitro groups is 1. The van der Waals surface area contributed by atoms with Crippen LogP contribution in [-0.2, 0) is 18.0 Å². The van der Waals surface area contributed by atoms with E-state index in [1.165, 1.54) is 18.2 Å². The lowest BCUT2D eigenvalue weighted by atomic mass is 10.1. The Morgan fingerprint density at radius 2 is 2.00 bits per heavy atom. The Bertz CT molecular complexity index is 643. The monoisotopic (exact) mass is 288 g/mol. The predicted octanol–water partition coefficient (Wildman–Crippen LogP) is 2.90. The van der Waals surface area contributed by atoms with E-state index >= 15 is 0 Å². The Labute approximate surface area is 122 Å². The van der Waals surface area contributed by atoms with Crippen LogP contribution in [0.3, 0.4) is 0 Å². The van der Waals surface area contributed by atoms with E-state index in [1.807, 2.05) is 24.3 Å². The van der Waals surface area contributed by atoms with Gasteiger partial charge in [0, 0.05) is 23.4 Å². The van der Waals surface area contributed by atoms with Gasteiger partial charge in [-0.05, 0) is 23.8 Å². The third-order valence-electron chi connectivity index (χ3n) is 3.00. The summed E-state index contributed by atoms with van der Waals surface area (Å²) in [6, 6.07) is 11.8. The summed E-state index contributed by atoms with van der Waals surface area (Å²) < 4.78 is 10.7. The summed E-state index contributed by atoms with van der Waals surface area (Å²) in [4.78, 5) is 10.3. The van der Waals surface area contributed by atoms with E-state index in [1.54, 1.807) is 7.11 Å². The van der Waals surface area contributed by atoms with Gasteiger partial charge in [-0.3, -0.25) is 10.1 Å². The molecule has 0 fully saturated rings. The molecule has 2 aromatic carbocycles. The normalized spacial score (nSPS) is 10.3. The maximum absolute atomic E-state index is 10.7. The second-order valence-corrected chi connectivity index (χ2v) is 4.48. The highest BCUT2D eigenvalue weighted by Crippen LogP contribution is 2.21. The number of methoxy groups -OCH3 is 1. The lowest BCUT2D eigenvalue weighted by Gasteiger charge is -2.08. The molecular formula is C15H16N2O4. The predicted molar refractivity (Wildman–Crippen MR) is 79.0 cm³/mol. The maximum Gasteiger partial charge on any atom is 0.269 e. The van der Waals surface area contributed by atoms with Crippen LogP contribution < -0.4 is 10.5 Å². The molecule has 0 bridgehead atoms. The van der Waals surface area contributed by atoms with Gasteiger partial charge in [0.1, 0.15) is 5.75 Å². The van der Waals surface area contributed by atoms with Gasteiger partial charge in [0.2, 0.25) is 0 Å². The highest BCUT2D eigenvalue weighted by Gasteiger charge is 2.09. The average molecular weight is 288 g/mol. The molecule has 0 atom stereocenters. The molecule has 0 radical (unpaired) electrons. The van der Waals surface area contributed by atoms with Gasteiger partial charge in [0.05, 0.1) is 25.2 Å². The molecule has 0 aliphatic rings. The number of hydrogen-bond acceptors (Lipinski definition) is 5. The number of anilines is 1. The van der Waals surface area contributed by atoms with E-state index in [4.69, 9.17) is 15.2 Å². The molecule has 2 N–H and O–H groups in total. The van der Waals surface area contributed by atoms with Crippen LogP contribution in [0.4, 0.5) is 11.4 Å². The lowest BCUT2D eigenvalue weighted by molar-refractivity contribution is -0.384. The number of non-ortho nitro benzene ring substituents is 1. The summed E-state index contributed by atoms with van der Waals surface area (Å²) in [6.07, 6.45) is 0. The van der Waals surface area contributed by atoms with Gasteiger partial charge in [-0.1, -0.05) is 12.1 Å². The maximum atomic E-state index is 10.7. The van der Waals surface area contributed by atoms with Gasteiger partial charge >= 0.3 is 0 Å². The van der Waals surface area contributed by atoms with E-state index in [2.05, 4.69) is 0 Å². The highest BCUT2D eigenvalue weighted by atomic mass is 16.6. The highest BCUT2D eigenvalue weighted by molar-refractivity contribution is 5.52. The Morgan fingerprint density at radius 3 is 2.71 bits per heavy atom. The van der Waals surface area contributed by atoms with Crippen LogP contribution in [0.5, 0.6) is 5.75 Å². The number of hydrogen-bond donors (Lipinski definition) is 1. The summed E-state index contributed by atoms with van der Waals surface area (Å²) in [6.45, 7) is 0.587. The first-order valence-electron chi connectivity index (χ1n) is 6.33. The zero-order valence-electron chi connectivity index (χ0n) is 11.6. The third-order valence-corrected chi connectivity index (χ3v) is 3.00. The fraction of sp³-hybridized carbons (Fsp3) is 0.200. The molecule has 0 amide bonds. The van der Waals surface area contributed by atoms with Gasteiger partial charge in [-0.2, -0.15) is 0 Å². The van der Waals surface area contributed by atoms with E-state index in [0.717, 1.165) is 11.3 Å². The molecule has 0 unspecified atom stereocenters. The zero-order chi connectivity index (χ0) is 15.2. The zero-order valence-corrected chi connectivity index (χ0v) is 11.6. The number of nitrogens with two attached hydrogens (primary N) is 1. The molecule has 0 aliphatic carbocycles. The molecule has 0 aliphatic heterocycles. The number of rotatable bonds is 6. The summed E-state index contributed by atoms with van der Waals surface area (Å²) in [5.41, 5.74) is 7.83. The van der Waals surface area contributed by atoms with Crippen molar-refractivity contribution in [3.63, 3.8) is 0 Å². The van der Waals surface area contributed by atoms with E-state index in [9.17, 15) is 10.1 Å². The van der Waals surface area contributed by atoms with Gasteiger partial charge < -0.3 is 15.2 Å². The second kappa shape index (κ2) is 6.71. The van der Waals surface area contributed by atoms with Crippen molar-refractivity contribution >= 4 is 11.4 Å². The fourth-order valence-corrected chi connectivity index (χ4v) is 1.87. The summed E-state index contributed by atoms with van der Waals surface area (Å²) in [5, 5.41) is 10.7. The smallest absolute Gasteiger partial charge is 0.269 e. The summed E-state index contributed by atoms with van der Waals surface area (Å²) in [7, 11) is 1.60. The van der Waals surface area contributed by atoms with Crippen molar-refractivity contribution in [2.45, 2.75) is 13.2 Å². The first-order chi connectivity index (χ1) is 10.1. The van der Waals surface area contributed by atoms with Crippen LogP contribution in [0.15, 0.2) is 42.5 Å². The first kappa shape index (κ1) is 14.8. The quantitative estimate of drug-likeness (QED) is 0.501. The van der Waals surface area contributed by atoms with Gasteiger partial charge in [-0.15, -0.1) is 0 Å². The van der Waals surface area contributed by atoms with Crippen LogP contribution in [0.2, 0.25) is 0 Å². The van der Waals surface area contributed by atoms with Crippen LogP contribution in [0, 0.1) is 10.1 Å². The van der Waals surface area contributed by atoms with Crippen LogP contribution in [0.25, 0.3) is 0 Å². The molecule has 0 heterocycles. The van der Waals surface area contributed by atoms with Crippen molar-refractivity contribution in [1.29, 1.82) is 0 Å². The topological polar surface area (TPSA) is 87.6 Å². The molecule has 2 aromatic rings. The van der Waals surface area contributed by atoms with Crippen molar-refractivity contribution in [3.05, 3.63) is 63.7 Å². The molecule has 0 saturated carbocycles. The Morgan fingerprint density at radius 1 is 1.19 bits per heavy atom. The Balaban J connectivity index is 1.99. The first-order valence-corrected chi connectivity index (χ1v) is 6.33. The van der Waals surface area contributed by atoms with Crippen molar-refractivity contribution < 1.29 is 14.4 Å². The van der Waals surface area contributed by atoms with Crippen molar-refractivity contribution in [3.8, 4) is 5.75 Å². The van der Waals surface area contributed by atoms with Gasteiger partial charge in [0.25, 0.3) is 5.69 Å². The minimum atomic E-state index is -0.453. The third kappa shape index (κ3) is 3.93. The van der Waals surface area contributed by atoms with E-state index in [-0.39, 0.29) is 12.3 Å². The van der Waals surface area contributed by atoms with Crippen LogP contribution in [0.1, 0.15) is 11.1 Å². The second-order valence-electron chi connectivity index (χ2n) is 4.48. The van der Waals surface area contributed by atoms with Crippen molar-refractivity contribution in [1.82, 2.24) is 0 Å². The Kier molecular flexibility index (Phi) is 4.73. The fourth-order valence-electron chi connectivity index (χ4n) is 1.87. The van der Waals surface area contributed by atoms with E-state index in [0.29, 0.717) is 17.9 Å². The van der Waals surface area contributed by atoms with Crippen molar-refractivity contribution in [2.24, 2.45) is 0 Å². The number of nitro benzene ring substituents is 1. The average Bonchev–Trinajstić information content (AvgIpc) is 2.49. The van der Waals surface area contributed by atoms with Crippen LogP contribution >= 0.6 is 0 Å². The molecule has 0 spiro atoms. The molecule has 0 aromatic heterocycles. The minimum Gasteiger partial charge on any atom is -0.497 e. The molecule has 2 rings (SSSR count). The number of ether oxygens (including phenoxy) is 2. The van der Waals surface area contributed by atoms with E-state index < -0.39 is 4.92 Å². The SMILES string of the molecule is COc1cccc(COCc2cc([N+](=O)[O-])ccc2N)c1. The van der Waals surface area contributed by atoms with Crippen molar-refractivity contribution in [2.75, 3.05) is 12.8 Å². The van der Waals surface area contributed by atoms with Gasteiger partial charge in [0.15, 0.2) is 0 Å². The summed E-state index contributed by atoms with van der Waals surface area (Å²) in [5.74, 6) is 0.756. The summed E-state index contributed by atoms with van der Waals surface area (Å²) >= 11 is 0. The number of benzene rings is 2. The Hall–Kier alpha value is -2.60. The largest absolute Gasteiger partial charge is 0.497 e. The lowest BCUT2D eigenvalue weighted by Crippen LogP contribution is -2.00. The minimum absolute atomic E-state index is 0.00387. The van der Waals surface area contributed by atoms with Gasteiger partial charge in [-0.25, -0.2) is 0 Å². The standard InChI is InChI=1S/C15H16N2O4/c1-20-14-4-2-3-11(7-14)9-21-10-12-8-13(17(18)19)5-6-15(12)16/h2-8H,9-10,16H2,1H3. The molecule has 110 valence electrons. The molecule has 6 heteroatoms. The number of nitrogens with zero attached hydrogens (tertiary/aromatic N) is 1. The molecule has 21 heavy (non-hydrogen) atoms. The van der Waals surface area contributed by atoms with Crippen LogP contribution in [-0.4, -0.2) is 12.0 Å². The number of nitrogen functional groups attached to an aromatic ring is 1.